The number of hydrogen-bond acceptors (Lipinski definition) is 5. The van der Waals surface area contributed by atoms with Crippen LogP contribution in [-0.4, -0.2) is 60.0 Å². The van der Waals surface area contributed by atoms with Crippen molar-refractivity contribution in [1.82, 2.24) is 0 Å². The Morgan fingerprint density at radius 3 is 1.57 bits per heavy atom. The van der Waals surface area contributed by atoms with Gasteiger partial charge < -0.3 is 0 Å². The molecule has 0 saturated carbocycles. The summed E-state index contributed by atoms with van der Waals surface area (Å²) in [6.07, 6.45) is 6.34. The van der Waals surface area contributed by atoms with Crippen molar-refractivity contribution in [3.05, 3.63) is 108 Å². The van der Waals surface area contributed by atoms with Crippen LogP contribution in [0.25, 0.3) is 0 Å². The molecule has 0 aliphatic carbocycles. The monoisotopic (exact) mass is 736 g/mol. The molecule has 46 heavy (non-hydrogen) atoms. The molecular weight excluding hydrogens is 679 g/mol. The number of ether oxygens (including phenoxy) is 5. The number of fused-ring (bicyclic) bond motifs is 1. The Morgan fingerprint density at radius 1 is 0.674 bits per heavy atom. The van der Waals surface area contributed by atoms with Gasteiger partial charge in [0.1, 0.15) is 0 Å². The molecule has 0 N–H and O–H groups in total. The van der Waals surface area contributed by atoms with Gasteiger partial charge in [-0.05, 0) is 0 Å². The van der Waals surface area contributed by atoms with Gasteiger partial charge in [0.25, 0.3) is 0 Å². The summed E-state index contributed by atoms with van der Waals surface area (Å²) in [5.74, 6) is -0.711. The maximum atomic E-state index is 7.25. The SMILES string of the molecule is CCC[CH2][Sn]([CH2]CCC)([CH2]CCC)[CH2]O[C@@H]1[C@H]2OC(C)(C)O[C@H]2O[C@@H]1COC(c1ccccc1)(c1ccccc1)c1ccccc1. The zero-order valence-electron chi connectivity index (χ0n) is 28.8. The van der Waals surface area contributed by atoms with Gasteiger partial charge in [0.05, 0.1) is 0 Å². The van der Waals surface area contributed by atoms with Gasteiger partial charge >= 0.3 is 283 Å². The van der Waals surface area contributed by atoms with Crippen molar-refractivity contribution in [2.24, 2.45) is 0 Å². The van der Waals surface area contributed by atoms with Crippen molar-refractivity contribution in [2.75, 3.05) is 11.2 Å². The van der Waals surface area contributed by atoms with E-state index in [-0.39, 0.29) is 18.3 Å². The Bertz CT molecular complexity index is 1180. The molecule has 250 valence electrons. The van der Waals surface area contributed by atoms with Crippen LogP contribution < -0.4 is 0 Å². The summed E-state index contributed by atoms with van der Waals surface area (Å²) in [6.45, 7) is 11.2. The molecule has 6 heteroatoms. The normalized spacial score (nSPS) is 22.6. The van der Waals surface area contributed by atoms with Crippen LogP contribution in [0.15, 0.2) is 91.0 Å². The van der Waals surface area contributed by atoms with Crippen molar-refractivity contribution in [3.8, 4) is 0 Å². The van der Waals surface area contributed by atoms with Gasteiger partial charge in [-0.25, -0.2) is 0 Å². The van der Waals surface area contributed by atoms with E-state index in [0.717, 1.165) is 21.3 Å². The van der Waals surface area contributed by atoms with E-state index in [1.807, 2.05) is 13.8 Å². The van der Waals surface area contributed by atoms with Crippen molar-refractivity contribution >= 4 is 18.4 Å². The van der Waals surface area contributed by atoms with Gasteiger partial charge in [0.2, 0.25) is 0 Å². The van der Waals surface area contributed by atoms with E-state index in [9.17, 15) is 0 Å². The van der Waals surface area contributed by atoms with Crippen LogP contribution in [0.5, 0.6) is 0 Å². The average molecular weight is 736 g/mol. The van der Waals surface area contributed by atoms with E-state index in [0.29, 0.717) is 6.61 Å². The van der Waals surface area contributed by atoms with Crippen LogP contribution in [-0.2, 0) is 29.3 Å². The molecule has 2 saturated heterocycles. The Kier molecular flexibility index (Phi) is 12.8. The molecule has 2 aliphatic heterocycles. The maximum absolute atomic E-state index is 7.25. The van der Waals surface area contributed by atoms with E-state index in [1.54, 1.807) is 0 Å². The van der Waals surface area contributed by atoms with Crippen molar-refractivity contribution in [3.63, 3.8) is 0 Å². The van der Waals surface area contributed by atoms with Crippen LogP contribution in [0.4, 0.5) is 0 Å². The van der Waals surface area contributed by atoms with Gasteiger partial charge in [-0.2, -0.15) is 0 Å². The standard InChI is InChI=1S/C28H29O5.3C4H9.Sn/c1-27(2)32-25-24(29-3)23(31-26(25)33-27)19-30-28(20-13-7-4-8-14-20,21-15-9-5-10-16-21)22-17-11-6-12-18-22;3*1-3-4-2;/h4-18,23-26H,3,19H2,1-2H3;3*1,3-4H2,2H3;/t23-,24+,25-,26-;;;;/m1..../s1. The first-order chi connectivity index (χ1) is 22.4. The molecule has 0 unspecified atom stereocenters. The molecule has 0 spiro atoms. The summed E-state index contributed by atoms with van der Waals surface area (Å²) >= 11 is -2.60. The topological polar surface area (TPSA) is 46.2 Å². The summed E-state index contributed by atoms with van der Waals surface area (Å²) in [5, 5.41) is 0. The van der Waals surface area contributed by atoms with Crippen molar-refractivity contribution in [2.45, 2.75) is 122 Å². The van der Waals surface area contributed by atoms with Crippen molar-refractivity contribution < 1.29 is 23.7 Å². The molecule has 0 radical (unpaired) electrons. The Labute approximate surface area is 282 Å². The second-order valence-electron chi connectivity index (χ2n) is 13.8. The first-order valence-corrected chi connectivity index (χ1v) is 25.9. The molecule has 3 aromatic carbocycles. The quantitative estimate of drug-likeness (QED) is 0.0963. The number of unbranched alkanes of at least 4 members (excludes halogenated alkanes) is 3. The fourth-order valence-electron chi connectivity index (χ4n) is 7.38. The molecular formula is C40H56O5Sn. The molecule has 5 rings (SSSR count). The van der Waals surface area contributed by atoms with Crippen LogP contribution in [0.3, 0.4) is 0 Å². The van der Waals surface area contributed by atoms with E-state index >= 15 is 0 Å². The molecule has 2 fully saturated rings. The van der Waals surface area contributed by atoms with E-state index in [2.05, 4.69) is 112 Å². The fourth-order valence-corrected chi connectivity index (χ4v) is 21.8. The minimum atomic E-state index is -2.60. The van der Waals surface area contributed by atoms with Crippen molar-refractivity contribution in [1.29, 1.82) is 0 Å². The van der Waals surface area contributed by atoms with Gasteiger partial charge in [-0.15, -0.1) is 0 Å². The zero-order chi connectivity index (χ0) is 32.5. The summed E-state index contributed by atoms with van der Waals surface area (Å²) in [4.78, 5) is 0. The zero-order valence-corrected chi connectivity index (χ0v) is 31.6. The van der Waals surface area contributed by atoms with Crippen LogP contribution in [0.2, 0.25) is 13.3 Å². The van der Waals surface area contributed by atoms with Crippen LogP contribution in [0, 0.1) is 0 Å². The van der Waals surface area contributed by atoms with E-state index in [1.165, 1.54) is 51.8 Å². The third-order valence-corrected chi connectivity index (χ3v) is 24.2. The molecule has 5 nitrogen and oxygen atoms in total. The van der Waals surface area contributed by atoms with E-state index in [4.69, 9.17) is 23.7 Å². The van der Waals surface area contributed by atoms with E-state index < -0.39 is 36.1 Å². The summed E-state index contributed by atoms with van der Waals surface area (Å²) < 4.78 is 39.0. The third kappa shape index (κ3) is 8.27. The fraction of sp³-hybridized carbons (Fsp3) is 0.550. The first-order valence-electron chi connectivity index (χ1n) is 17.8. The Balaban J connectivity index is 1.47. The summed E-state index contributed by atoms with van der Waals surface area (Å²) in [7, 11) is 0. The second kappa shape index (κ2) is 16.6. The molecule has 0 bridgehead atoms. The second-order valence-corrected chi connectivity index (χ2v) is 27.5. The predicted octanol–water partition coefficient (Wildman–Crippen LogP) is 9.64. The number of rotatable bonds is 18. The molecule has 0 amide bonds. The van der Waals surface area contributed by atoms with Gasteiger partial charge in [-0.3, -0.25) is 0 Å². The molecule has 0 aromatic heterocycles. The Hall–Kier alpha value is -1.74. The minimum absolute atomic E-state index is 0.257. The summed E-state index contributed by atoms with van der Waals surface area (Å²) in [5.41, 5.74) is 2.39. The van der Waals surface area contributed by atoms with Crippen LogP contribution >= 0.6 is 0 Å². The number of benzene rings is 3. The Morgan fingerprint density at radius 2 is 1.13 bits per heavy atom. The third-order valence-electron chi connectivity index (χ3n) is 9.86. The van der Waals surface area contributed by atoms with Crippen LogP contribution in [0.1, 0.15) is 89.8 Å². The van der Waals surface area contributed by atoms with Gasteiger partial charge in [0, 0.05) is 0 Å². The predicted molar refractivity (Wildman–Crippen MR) is 188 cm³/mol. The summed E-state index contributed by atoms with van der Waals surface area (Å²) in [6, 6.07) is 31.6. The van der Waals surface area contributed by atoms with Gasteiger partial charge in [0.15, 0.2) is 0 Å². The van der Waals surface area contributed by atoms with Gasteiger partial charge in [-0.1, -0.05) is 0 Å². The number of hydrogen-bond donors (Lipinski definition) is 0. The first kappa shape index (κ1) is 35.6. The molecule has 2 aliphatic rings. The molecule has 3 aromatic rings. The average Bonchev–Trinajstić information content (AvgIpc) is 3.56. The molecule has 2 heterocycles. The molecule has 4 atom stereocenters.